The zero-order valence-corrected chi connectivity index (χ0v) is 11.1. The first-order chi connectivity index (χ1) is 9.11. The minimum Gasteiger partial charge on any atom is -0.325 e. The number of carbonyl (C=O) groups excluding carboxylic acids is 1. The van der Waals surface area contributed by atoms with Gasteiger partial charge in [-0.1, -0.05) is 28.9 Å². The van der Waals surface area contributed by atoms with Crippen molar-refractivity contribution in [2.24, 2.45) is 5.73 Å². The van der Waals surface area contributed by atoms with E-state index in [1.54, 1.807) is 37.4 Å². The number of nitrogens with zero attached hydrogens (tertiary/aromatic N) is 3. The normalized spacial score (nSPS) is 12.2. The molecule has 0 aliphatic carbocycles. The van der Waals surface area contributed by atoms with Crippen LogP contribution in [0.3, 0.4) is 0 Å². The molecule has 3 N–H and O–H groups in total. The lowest BCUT2D eigenvalue weighted by atomic mass is 10.2. The Morgan fingerprint density at radius 3 is 2.89 bits per heavy atom. The summed E-state index contributed by atoms with van der Waals surface area (Å²) in [6.07, 6.45) is 1.65. The van der Waals surface area contributed by atoms with Crippen molar-refractivity contribution < 1.29 is 4.79 Å². The number of aromatic nitrogens is 3. The van der Waals surface area contributed by atoms with Gasteiger partial charge in [-0.15, -0.1) is 5.10 Å². The third-order valence-corrected chi connectivity index (χ3v) is 3.00. The maximum atomic E-state index is 12.1. The summed E-state index contributed by atoms with van der Waals surface area (Å²) in [5.41, 5.74) is 6.66. The van der Waals surface area contributed by atoms with Crippen molar-refractivity contribution in [1.82, 2.24) is 15.0 Å². The monoisotopic (exact) mass is 279 g/mol. The van der Waals surface area contributed by atoms with Crippen molar-refractivity contribution in [2.75, 3.05) is 5.32 Å². The summed E-state index contributed by atoms with van der Waals surface area (Å²) in [5.74, 6) is -0.221. The Kier molecular flexibility index (Phi) is 4.13. The van der Waals surface area contributed by atoms with Crippen LogP contribution in [0.2, 0.25) is 5.02 Å². The van der Waals surface area contributed by atoms with Gasteiger partial charge in [-0.3, -0.25) is 4.79 Å². The van der Waals surface area contributed by atoms with Gasteiger partial charge in [-0.2, -0.15) is 0 Å². The molecule has 1 atom stereocenters. The van der Waals surface area contributed by atoms with Crippen LogP contribution in [0.4, 0.5) is 5.69 Å². The van der Waals surface area contributed by atoms with Crippen LogP contribution in [-0.4, -0.2) is 20.9 Å². The van der Waals surface area contributed by atoms with E-state index in [0.717, 1.165) is 0 Å². The highest BCUT2D eigenvalue weighted by Crippen LogP contribution is 2.21. The molecule has 0 saturated carbocycles. The molecular formula is C12H14ClN5O. The van der Waals surface area contributed by atoms with Crippen molar-refractivity contribution >= 4 is 23.2 Å². The smallest absolute Gasteiger partial charge is 0.249 e. The number of amides is 1. The van der Waals surface area contributed by atoms with Crippen LogP contribution in [0, 0.1) is 0 Å². The highest BCUT2D eigenvalue weighted by atomic mass is 35.5. The van der Waals surface area contributed by atoms with E-state index >= 15 is 0 Å². The summed E-state index contributed by atoms with van der Waals surface area (Å²) < 4.78 is 1.47. The first-order valence-electron chi connectivity index (χ1n) is 5.78. The Morgan fingerprint density at radius 1 is 1.53 bits per heavy atom. The van der Waals surface area contributed by atoms with Gasteiger partial charge >= 0.3 is 0 Å². The molecule has 6 nitrogen and oxygen atoms in total. The number of benzene rings is 1. The van der Waals surface area contributed by atoms with E-state index in [2.05, 4.69) is 15.6 Å². The largest absolute Gasteiger partial charge is 0.325 e. The SMILES string of the molecule is CC(C(=O)Nc1ccccc1Cl)n1cc(CN)nn1. The number of rotatable bonds is 4. The zero-order valence-electron chi connectivity index (χ0n) is 10.4. The molecule has 0 aliphatic rings. The molecule has 100 valence electrons. The van der Waals surface area contributed by atoms with E-state index in [4.69, 9.17) is 17.3 Å². The highest BCUT2D eigenvalue weighted by molar-refractivity contribution is 6.33. The van der Waals surface area contributed by atoms with Gasteiger partial charge in [0.05, 0.1) is 22.6 Å². The molecule has 19 heavy (non-hydrogen) atoms. The topological polar surface area (TPSA) is 85.8 Å². The maximum Gasteiger partial charge on any atom is 0.249 e. The number of carbonyl (C=O) groups is 1. The number of hydrogen-bond acceptors (Lipinski definition) is 4. The van der Waals surface area contributed by atoms with Crippen molar-refractivity contribution in [3.8, 4) is 0 Å². The van der Waals surface area contributed by atoms with E-state index in [1.165, 1.54) is 4.68 Å². The third-order valence-electron chi connectivity index (χ3n) is 2.67. The predicted molar refractivity (Wildman–Crippen MR) is 72.7 cm³/mol. The Balaban J connectivity index is 2.09. The lowest BCUT2D eigenvalue weighted by Gasteiger charge is -2.12. The molecule has 1 unspecified atom stereocenters. The number of nitrogens with two attached hydrogens (primary N) is 1. The van der Waals surface area contributed by atoms with Crippen LogP contribution in [0.1, 0.15) is 18.7 Å². The number of hydrogen-bond donors (Lipinski definition) is 2. The van der Waals surface area contributed by atoms with Gasteiger partial charge in [-0.05, 0) is 19.1 Å². The van der Waals surface area contributed by atoms with Crippen LogP contribution >= 0.6 is 11.6 Å². The van der Waals surface area contributed by atoms with Crippen LogP contribution < -0.4 is 11.1 Å². The average molecular weight is 280 g/mol. The molecule has 1 heterocycles. The van der Waals surface area contributed by atoms with Gasteiger partial charge in [-0.25, -0.2) is 4.68 Å². The van der Waals surface area contributed by atoms with Gasteiger partial charge < -0.3 is 11.1 Å². The summed E-state index contributed by atoms with van der Waals surface area (Å²) >= 11 is 5.98. The number of halogens is 1. The van der Waals surface area contributed by atoms with Crippen LogP contribution in [0.15, 0.2) is 30.5 Å². The second-order valence-electron chi connectivity index (χ2n) is 4.04. The van der Waals surface area contributed by atoms with Crippen molar-refractivity contribution in [1.29, 1.82) is 0 Å². The summed E-state index contributed by atoms with van der Waals surface area (Å²) in [7, 11) is 0. The van der Waals surface area contributed by atoms with Gasteiger partial charge in [0.15, 0.2) is 0 Å². The van der Waals surface area contributed by atoms with Crippen LogP contribution in [0.5, 0.6) is 0 Å². The Bertz CT molecular complexity index is 583. The molecule has 2 rings (SSSR count). The Hall–Kier alpha value is -1.92. The van der Waals surface area contributed by atoms with Crippen molar-refractivity contribution in [3.63, 3.8) is 0 Å². The van der Waals surface area contributed by atoms with E-state index in [1.807, 2.05) is 0 Å². The van der Waals surface area contributed by atoms with Crippen molar-refractivity contribution in [2.45, 2.75) is 19.5 Å². The summed E-state index contributed by atoms with van der Waals surface area (Å²) in [5, 5.41) is 10.9. The molecule has 0 aliphatic heterocycles. The second kappa shape index (κ2) is 5.81. The minimum atomic E-state index is -0.496. The van der Waals surface area contributed by atoms with E-state index in [0.29, 0.717) is 22.9 Å². The van der Waals surface area contributed by atoms with Gasteiger partial charge in [0.25, 0.3) is 0 Å². The molecule has 0 fully saturated rings. The quantitative estimate of drug-likeness (QED) is 0.890. The van der Waals surface area contributed by atoms with E-state index in [9.17, 15) is 4.79 Å². The van der Waals surface area contributed by atoms with E-state index in [-0.39, 0.29) is 5.91 Å². The van der Waals surface area contributed by atoms with Crippen LogP contribution in [-0.2, 0) is 11.3 Å². The Labute approximate surface area is 115 Å². The fourth-order valence-corrected chi connectivity index (χ4v) is 1.70. The Morgan fingerprint density at radius 2 is 2.26 bits per heavy atom. The van der Waals surface area contributed by atoms with Crippen molar-refractivity contribution in [3.05, 3.63) is 41.2 Å². The second-order valence-corrected chi connectivity index (χ2v) is 4.45. The molecule has 7 heteroatoms. The average Bonchev–Trinajstić information content (AvgIpc) is 2.89. The molecule has 0 radical (unpaired) electrons. The zero-order chi connectivity index (χ0) is 13.8. The van der Waals surface area contributed by atoms with E-state index < -0.39 is 6.04 Å². The van der Waals surface area contributed by atoms with Gasteiger partial charge in [0.1, 0.15) is 6.04 Å². The predicted octanol–water partition coefficient (Wildman–Crippen LogP) is 1.59. The van der Waals surface area contributed by atoms with Gasteiger partial charge in [0.2, 0.25) is 5.91 Å². The molecular weight excluding hydrogens is 266 g/mol. The summed E-state index contributed by atoms with van der Waals surface area (Å²) in [6, 6.07) is 6.55. The summed E-state index contributed by atoms with van der Waals surface area (Å²) in [6.45, 7) is 2.01. The lowest BCUT2D eigenvalue weighted by molar-refractivity contribution is -0.119. The first kappa shape index (κ1) is 13.5. The maximum absolute atomic E-state index is 12.1. The fraction of sp³-hybridized carbons (Fsp3) is 0.250. The first-order valence-corrected chi connectivity index (χ1v) is 6.15. The van der Waals surface area contributed by atoms with Gasteiger partial charge in [0, 0.05) is 6.54 Å². The fourth-order valence-electron chi connectivity index (χ4n) is 1.52. The standard InChI is InChI=1S/C12H14ClN5O/c1-8(18-7-9(6-14)16-17-18)12(19)15-11-5-3-2-4-10(11)13/h2-5,7-8H,6,14H2,1H3,(H,15,19). The molecule has 0 bridgehead atoms. The molecule has 0 spiro atoms. The molecule has 2 aromatic rings. The van der Waals surface area contributed by atoms with Crippen LogP contribution in [0.25, 0.3) is 0 Å². The molecule has 0 saturated heterocycles. The third kappa shape index (κ3) is 3.10. The lowest BCUT2D eigenvalue weighted by Crippen LogP contribution is -2.24. The minimum absolute atomic E-state index is 0.221. The molecule has 1 aromatic heterocycles. The number of nitrogens with one attached hydrogen (secondary N) is 1. The molecule has 1 amide bonds. The number of anilines is 1. The number of para-hydroxylation sites is 1. The highest BCUT2D eigenvalue weighted by Gasteiger charge is 2.17. The summed E-state index contributed by atoms with van der Waals surface area (Å²) in [4.78, 5) is 12.1. The molecule has 1 aromatic carbocycles.